The Labute approximate surface area is 163 Å². The van der Waals surface area contributed by atoms with Crippen LogP contribution in [0.3, 0.4) is 0 Å². The van der Waals surface area contributed by atoms with Gasteiger partial charge in [0.05, 0.1) is 5.56 Å². The van der Waals surface area contributed by atoms with E-state index in [1.165, 1.54) is 0 Å². The van der Waals surface area contributed by atoms with Crippen LogP contribution in [-0.2, 0) is 4.79 Å². The fourth-order valence-corrected chi connectivity index (χ4v) is 3.27. The number of hydrogen-bond acceptors (Lipinski definition) is 3. The highest BCUT2D eigenvalue weighted by atomic mass is 16.2. The summed E-state index contributed by atoms with van der Waals surface area (Å²) in [6.07, 6.45) is 4.66. The Balaban J connectivity index is 2.21. The lowest BCUT2D eigenvalue weighted by Crippen LogP contribution is -2.35. The van der Waals surface area contributed by atoms with E-state index >= 15 is 0 Å². The molecule has 150 valence electrons. The zero-order valence-corrected chi connectivity index (χ0v) is 17.3. The summed E-state index contributed by atoms with van der Waals surface area (Å²) in [6.45, 7) is 11.1. The molecule has 1 heterocycles. The van der Waals surface area contributed by atoms with Crippen molar-refractivity contribution in [2.75, 3.05) is 29.9 Å². The van der Waals surface area contributed by atoms with Gasteiger partial charge in [0.2, 0.25) is 5.91 Å². The topological polar surface area (TPSA) is 61.4 Å². The molecule has 0 aromatic heterocycles. The molecule has 1 aromatic rings. The Morgan fingerprint density at radius 3 is 2.56 bits per heavy atom. The van der Waals surface area contributed by atoms with E-state index < -0.39 is 0 Å². The zero-order chi connectivity index (χ0) is 19.8. The molecule has 0 radical (unpaired) electrons. The highest BCUT2D eigenvalue weighted by Gasteiger charge is 2.22. The maximum atomic E-state index is 12.8. The van der Waals surface area contributed by atoms with Crippen LogP contribution < -0.4 is 15.5 Å². The Kier molecular flexibility index (Phi) is 8.14. The van der Waals surface area contributed by atoms with Crippen molar-refractivity contribution in [3.05, 3.63) is 23.8 Å². The molecular weight excluding hydrogens is 338 g/mol. The third kappa shape index (κ3) is 6.56. The average molecular weight is 374 g/mol. The second kappa shape index (κ2) is 10.3. The van der Waals surface area contributed by atoms with Gasteiger partial charge in [-0.2, -0.15) is 0 Å². The number of carbonyl (C=O) groups excluding carboxylic acids is 2. The summed E-state index contributed by atoms with van der Waals surface area (Å²) in [6, 6.07) is 5.72. The first-order valence-corrected chi connectivity index (χ1v) is 10.4. The normalized spacial score (nSPS) is 15.1. The maximum Gasteiger partial charge on any atom is 0.253 e. The Morgan fingerprint density at radius 2 is 1.93 bits per heavy atom. The molecule has 1 saturated heterocycles. The van der Waals surface area contributed by atoms with Crippen LogP contribution in [0, 0.1) is 11.8 Å². The zero-order valence-electron chi connectivity index (χ0n) is 17.3. The van der Waals surface area contributed by atoms with Crippen LogP contribution in [0.2, 0.25) is 0 Å². The molecule has 2 rings (SSSR count). The van der Waals surface area contributed by atoms with E-state index in [0.717, 1.165) is 50.4 Å². The summed E-state index contributed by atoms with van der Waals surface area (Å²) in [5.74, 6) is 1.06. The van der Waals surface area contributed by atoms with Crippen LogP contribution in [0.4, 0.5) is 11.4 Å². The van der Waals surface area contributed by atoms with Gasteiger partial charge in [0.25, 0.3) is 5.91 Å². The van der Waals surface area contributed by atoms with E-state index in [9.17, 15) is 9.59 Å². The summed E-state index contributed by atoms with van der Waals surface area (Å²) in [7, 11) is 0. The highest BCUT2D eigenvalue weighted by Crippen LogP contribution is 2.29. The van der Waals surface area contributed by atoms with Crippen LogP contribution >= 0.6 is 0 Å². The van der Waals surface area contributed by atoms with E-state index in [2.05, 4.69) is 43.2 Å². The summed E-state index contributed by atoms with van der Waals surface area (Å²) in [5.41, 5.74) is 2.31. The largest absolute Gasteiger partial charge is 0.371 e. The average Bonchev–Trinajstić information content (AvgIpc) is 2.65. The van der Waals surface area contributed by atoms with Crippen LogP contribution in [0.5, 0.6) is 0 Å². The minimum atomic E-state index is -0.0676. The summed E-state index contributed by atoms with van der Waals surface area (Å²) >= 11 is 0. The van der Waals surface area contributed by atoms with Crippen LogP contribution in [0.1, 0.15) is 70.2 Å². The van der Waals surface area contributed by atoms with Crippen molar-refractivity contribution in [3.8, 4) is 0 Å². The summed E-state index contributed by atoms with van der Waals surface area (Å²) < 4.78 is 0. The third-order valence-electron chi connectivity index (χ3n) is 5.08. The lowest BCUT2D eigenvalue weighted by Gasteiger charge is -2.33. The van der Waals surface area contributed by atoms with Gasteiger partial charge >= 0.3 is 0 Å². The standard InChI is InChI=1S/C22H35N3O2/c1-5-6-7-21(26)24-18-8-9-20(25-12-10-17(4)11-13-25)19(14-18)22(27)23-15-16(2)3/h8-9,14,16-17H,5-7,10-13,15H2,1-4H3,(H,23,27)(H,24,26). The van der Waals surface area contributed by atoms with Crippen molar-refractivity contribution in [3.63, 3.8) is 0 Å². The fourth-order valence-electron chi connectivity index (χ4n) is 3.27. The molecule has 0 atom stereocenters. The molecular formula is C22H35N3O2. The highest BCUT2D eigenvalue weighted by molar-refractivity contribution is 6.02. The summed E-state index contributed by atoms with van der Waals surface area (Å²) in [5, 5.41) is 5.96. The van der Waals surface area contributed by atoms with E-state index in [4.69, 9.17) is 0 Å². The van der Waals surface area contributed by atoms with Gasteiger partial charge in [-0.1, -0.05) is 34.1 Å². The fraction of sp³-hybridized carbons (Fsp3) is 0.636. The van der Waals surface area contributed by atoms with Crippen LogP contribution in [0.15, 0.2) is 18.2 Å². The molecule has 1 aliphatic rings. The lowest BCUT2D eigenvalue weighted by molar-refractivity contribution is -0.116. The summed E-state index contributed by atoms with van der Waals surface area (Å²) in [4.78, 5) is 27.2. The predicted octanol–water partition coefficient (Wildman–Crippen LogP) is 4.44. The number of anilines is 2. The molecule has 0 aliphatic carbocycles. The molecule has 2 N–H and O–H groups in total. The molecule has 1 aliphatic heterocycles. The molecule has 5 nitrogen and oxygen atoms in total. The monoisotopic (exact) mass is 373 g/mol. The van der Waals surface area contributed by atoms with Gasteiger partial charge in [-0.15, -0.1) is 0 Å². The number of benzene rings is 1. The number of nitrogens with one attached hydrogen (secondary N) is 2. The van der Waals surface area contributed by atoms with Gasteiger partial charge < -0.3 is 15.5 Å². The van der Waals surface area contributed by atoms with E-state index in [1.54, 1.807) is 0 Å². The molecule has 0 unspecified atom stereocenters. The SMILES string of the molecule is CCCCC(=O)Nc1ccc(N2CCC(C)CC2)c(C(=O)NCC(C)C)c1. The number of amides is 2. The van der Waals surface area contributed by atoms with Gasteiger partial charge in [0.15, 0.2) is 0 Å². The number of nitrogens with zero attached hydrogens (tertiary/aromatic N) is 1. The molecule has 5 heteroatoms. The first-order valence-electron chi connectivity index (χ1n) is 10.4. The van der Waals surface area contributed by atoms with Gasteiger partial charge in [0.1, 0.15) is 0 Å². The Hall–Kier alpha value is -2.04. The van der Waals surface area contributed by atoms with Crippen molar-refractivity contribution in [2.24, 2.45) is 11.8 Å². The third-order valence-corrected chi connectivity index (χ3v) is 5.08. The van der Waals surface area contributed by atoms with Crippen molar-refractivity contribution < 1.29 is 9.59 Å². The first-order chi connectivity index (χ1) is 12.9. The molecule has 0 bridgehead atoms. The number of piperidine rings is 1. The molecule has 0 spiro atoms. The molecule has 27 heavy (non-hydrogen) atoms. The number of carbonyl (C=O) groups is 2. The maximum absolute atomic E-state index is 12.8. The van der Waals surface area contributed by atoms with E-state index in [-0.39, 0.29) is 11.8 Å². The molecule has 0 saturated carbocycles. The number of unbranched alkanes of at least 4 members (excludes halogenated alkanes) is 1. The Morgan fingerprint density at radius 1 is 1.22 bits per heavy atom. The molecule has 1 aromatic carbocycles. The lowest BCUT2D eigenvalue weighted by atomic mass is 9.97. The van der Waals surface area contributed by atoms with E-state index in [1.807, 2.05) is 18.2 Å². The van der Waals surface area contributed by atoms with Crippen molar-refractivity contribution in [1.29, 1.82) is 0 Å². The second-order valence-electron chi connectivity index (χ2n) is 8.16. The van der Waals surface area contributed by atoms with Crippen LogP contribution in [0.25, 0.3) is 0 Å². The van der Waals surface area contributed by atoms with Gasteiger partial charge in [-0.3, -0.25) is 9.59 Å². The first kappa shape index (κ1) is 21.3. The van der Waals surface area contributed by atoms with E-state index in [0.29, 0.717) is 30.1 Å². The second-order valence-corrected chi connectivity index (χ2v) is 8.16. The van der Waals surface area contributed by atoms with Crippen LogP contribution in [-0.4, -0.2) is 31.4 Å². The van der Waals surface area contributed by atoms with Crippen molar-refractivity contribution >= 4 is 23.2 Å². The quantitative estimate of drug-likeness (QED) is 0.708. The molecule has 2 amide bonds. The van der Waals surface area contributed by atoms with Crippen molar-refractivity contribution in [2.45, 2.75) is 59.8 Å². The van der Waals surface area contributed by atoms with Gasteiger partial charge in [-0.05, 0) is 49.3 Å². The van der Waals surface area contributed by atoms with Gasteiger partial charge in [-0.25, -0.2) is 0 Å². The predicted molar refractivity (Wildman–Crippen MR) is 112 cm³/mol. The number of hydrogen-bond donors (Lipinski definition) is 2. The van der Waals surface area contributed by atoms with Crippen molar-refractivity contribution in [1.82, 2.24) is 5.32 Å². The minimum Gasteiger partial charge on any atom is -0.371 e. The Bertz CT molecular complexity index is 634. The smallest absolute Gasteiger partial charge is 0.253 e. The molecule has 1 fully saturated rings. The van der Waals surface area contributed by atoms with Gasteiger partial charge in [0, 0.05) is 37.4 Å². The number of rotatable bonds is 8. The minimum absolute atomic E-state index is 0.00457.